The third-order valence-electron chi connectivity index (χ3n) is 9.13. The zero-order chi connectivity index (χ0) is 36.9. The quantitative estimate of drug-likeness (QED) is 0.0537. The zero-order valence-corrected chi connectivity index (χ0v) is 28.5. The summed E-state index contributed by atoms with van der Waals surface area (Å²) in [7, 11) is 0. The fourth-order valence-electron chi connectivity index (χ4n) is 6.44. The second kappa shape index (κ2) is 15.5. The first kappa shape index (κ1) is 35.0. The maximum atomic E-state index is 13.3. The number of nitrogens with one attached hydrogen (secondary N) is 3. The maximum absolute atomic E-state index is 13.3. The number of carbonyl (C=O) groups is 5. The number of hydroxylamine groups is 1. The lowest BCUT2D eigenvalue weighted by atomic mass is 10.0. The molecule has 4 N–H and O–H groups in total. The van der Waals surface area contributed by atoms with Crippen LogP contribution < -0.4 is 20.9 Å². The smallest absolute Gasteiger partial charge is 0.274 e. The van der Waals surface area contributed by atoms with Crippen LogP contribution in [0.2, 0.25) is 0 Å². The molecule has 2 aromatic heterocycles. The van der Waals surface area contributed by atoms with Crippen LogP contribution in [0.1, 0.15) is 55.2 Å². The molecule has 0 bridgehead atoms. The fraction of sp³-hybridized carbons (Fsp3) is 0.270. The molecule has 1 atom stereocenters. The van der Waals surface area contributed by atoms with Gasteiger partial charge in [0.05, 0.1) is 36.6 Å². The largest absolute Gasteiger partial charge is 0.491 e. The van der Waals surface area contributed by atoms with E-state index in [1.807, 2.05) is 53.4 Å². The summed E-state index contributed by atoms with van der Waals surface area (Å²) in [5.74, 6) is -2.03. The van der Waals surface area contributed by atoms with Crippen molar-refractivity contribution in [2.75, 3.05) is 31.7 Å². The molecule has 0 spiro atoms. The molecule has 3 aromatic carbocycles. The molecule has 4 heterocycles. The van der Waals surface area contributed by atoms with E-state index in [-0.39, 0.29) is 24.0 Å². The number of ether oxygens (including phenoxy) is 2. The zero-order valence-electron chi connectivity index (χ0n) is 28.5. The number of anilines is 1. The van der Waals surface area contributed by atoms with Gasteiger partial charge in [-0.3, -0.25) is 39.4 Å². The summed E-state index contributed by atoms with van der Waals surface area (Å²) >= 11 is 0. The first-order valence-electron chi connectivity index (χ1n) is 17.1. The highest BCUT2D eigenvalue weighted by Gasteiger charge is 2.45. The highest BCUT2D eigenvalue weighted by molar-refractivity contribution is 6.25. The van der Waals surface area contributed by atoms with Crippen molar-refractivity contribution in [2.45, 2.75) is 38.4 Å². The first-order chi connectivity index (χ1) is 25.8. The van der Waals surface area contributed by atoms with E-state index in [0.717, 1.165) is 27.1 Å². The van der Waals surface area contributed by atoms with E-state index in [1.54, 1.807) is 40.5 Å². The van der Waals surface area contributed by atoms with Gasteiger partial charge in [0.15, 0.2) is 0 Å². The third kappa shape index (κ3) is 7.63. The SMILES string of the molecule is O=C1CCC(N2C(=O)c3cccc(NCCc4cn(CCOCCOc5ccc(Cn6ccc7ccc(C(=O)NO)cc76)cc5)nn4)c3C2=O)C(=O)N1. The summed E-state index contributed by atoms with van der Waals surface area (Å²) in [6.07, 6.45) is 4.43. The second-order valence-electron chi connectivity index (χ2n) is 12.6. The monoisotopic (exact) mass is 720 g/mol. The van der Waals surface area contributed by atoms with Crippen molar-refractivity contribution in [1.82, 2.24) is 35.3 Å². The van der Waals surface area contributed by atoms with Gasteiger partial charge in [-0.2, -0.15) is 0 Å². The van der Waals surface area contributed by atoms with E-state index in [1.165, 1.54) is 0 Å². The molecule has 53 heavy (non-hydrogen) atoms. The van der Waals surface area contributed by atoms with Crippen molar-refractivity contribution in [3.05, 3.63) is 107 Å². The van der Waals surface area contributed by atoms with Gasteiger partial charge in [0.25, 0.3) is 17.7 Å². The highest BCUT2D eigenvalue weighted by Crippen LogP contribution is 2.32. The van der Waals surface area contributed by atoms with E-state index >= 15 is 0 Å². The number of aromatic nitrogens is 4. The van der Waals surface area contributed by atoms with Gasteiger partial charge in [-0.1, -0.05) is 29.5 Å². The molecule has 1 unspecified atom stereocenters. The number of fused-ring (bicyclic) bond motifs is 2. The fourth-order valence-corrected chi connectivity index (χ4v) is 6.44. The normalized spacial score (nSPS) is 15.5. The number of carbonyl (C=O) groups excluding carboxylic acids is 5. The van der Waals surface area contributed by atoms with Gasteiger partial charge in [-0.15, -0.1) is 5.10 Å². The van der Waals surface area contributed by atoms with Crippen LogP contribution in [-0.4, -0.2) is 91.6 Å². The molecular formula is C37H36N8O8. The molecule has 1 saturated heterocycles. The standard InChI is InChI=1S/C37H36N8O8/c46-32-11-10-30(35(48)39-32)45-36(49)28-2-1-3-29(33(28)37(45)50)38-14-12-26-22-44(42-40-26)16-17-52-18-19-53-27-8-4-23(5-9-27)21-43-15-13-24-6-7-25(20-31(24)43)34(47)41-51/h1-9,13,15,20,22,30,38,51H,10-12,14,16-19,21H2,(H,41,47)(H,39,46,48). The average Bonchev–Trinajstić information content (AvgIpc) is 3.86. The number of imide groups is 2. The highest BCUT2D eigenvalue weighted by atomic mass is 16.5. The van der Waals surface area contributed by atoms with Crippen LogP contribution in [0, 0.1) is 0 Å². The molecule has 0 radical (unpaired) electrons. The molecule has 2 aliphatic heterocycles. The number of rotatable bonds is 15. The van der Waals surface area contributed by atoms with Gasteiger partial charge < -0.3 is 19.4 Å². The predicted molar refractivity (Wildman–Crippen MR) is 188 cm³/mol. The summed E-state index contributed by atoms with van der Waals surface area (Å²) in [4.78, 5) is 63.1. The molecule has 1 fully saturated rings. The van der Waals surface area contributed by atoms with Gasteiger partial charge in [0.2, 0.25) is 11.8 Å². The number of piperidine rings is 1. The molecule has 2 aliphatic rings. The Kier molecular flexibility index (Phi) is 10.2. The number of hydrogen-bond donors (Lipinski definition) is 4. The van der Waals surface area contributed by atoms with E-state index in [0.29, 0.717) is 62.9 Å². The maximum Gasteiger partial charge on any atom is 0.274 e. The number of benzene rings is 3. The average molecular weight is 721 g/mol. The Morgan fingerprint density at radius 3 is 2.64 bits per heavy atom. The lowest BCUT2D eigenvalue weighted by Crippen LogP contribution is -2.54. The summed E-state index contributed by atoms with van der Waals surface area (Å²) in [6.45, 7) is 2.67. The van der Waals surface area contributed by atoms with E-state index in [9.17, 15) is 24.0 Å². The Balaban J connectivity index is 0.817. The van der Waals surface area contributed by atoms with Crippen LogP contribution in [0.4, 0.5) is 5.69 Å². The molecule has 7 rings (SSSR count). The van der Waals surface area contributed by atoms with Crippen LogP contribution in [0.15, 0.2) is 79.1 Å². The number of hydrogen-bond acceptors (Lipinski definition) is 11. The van der Waals surface area contributed by atoms with Gasteiger partial charge in [0, 0.05) is 55.1 Å². The molecule has 5 amide bonds. The molecule has 5 aromatic rings. The van der Waals surface area contributed by atoms with Crippen molar-refractivity contribution in [3.8, 4) is 5.75 Å². The van der Waals surface area contributed by atoms with E-state index in [4.69, 9.17) is 14.7 Å². The lowest BCUT2D eigenvalue weighted by molar-refractivity contribution is -0.136. The van der Waals surface area contributed by atoms with E-state index in [2.05, 4.69) is 20.9 Å². The van der Waals surface area contributed by atoms with Crippen molar-refractivity contribution in [2.24, 2.45) is 0 Å². The van der Waals surface area contributed by atoms with Crippen LogP contribution in [-0.2, 0) is 33.8 Å². The van der Waals surface area contributed by atoms with Crippen LogP contribution in [0.5, 0.6) is 5.75 Å². The molecule has 16 heteroatoms. The first-order valence-corrected chi connectivity index (χ1v) is 17.1. The Labute approximate surface area is 302 Å². The van der Waals surface area contributed by atoms with Gasteiger partial charge in [-0.25, -0.2) is 10.2 Å². The van der Waals surface area contributed by atoms with Crippen molar-refractivity contribution in [3.63, 3.8) is 0 Å². The second-order valence-corrected chi connectivity index (χ2v) is 12.6. The summed E-state index contributed by atoms with van der Waals surface area (Å²) in [6, 6.07) is 18.9. The van der Waals surface area contributed by atoms with E-state index < -0.39 is 35.6 Å². The Morgan fingerprint density at radius 2 is 1.83 bits per heavy atom. The van der Waals surface area contributed by atoms with Crippen LogP contribution in [0.3, 0.4) is 0 Å². The van der Waals surface area contributed by atoms with Crippen molar-refractivity contribution < 1.29 is 38.7 Å². The summed E-state index contributed by atoms with van der Waals surface area (Å²) in [5, 5.41) is 23.7. The Hall–Kier alpha value is -6.39. The minimum atomic E-state index is -1.02. The summed E-state index contributed by atoms with van der Waals surface area (Å²) in [5.41, 5.74) is 5.61. The van der Waals surface area contributed by atoms with Crippen molar-refractivity contribution >= 4 is 46.1 Å². The third-order valence-corrected chi connectivity index (χ3v) is 9.13. The molecule has 0 aliphatic carbocycles. The van der Waals surface area contributed by atoms with Crippen LogP contribution in [0.25, 0.3) is 10.9 Å². The minimum Gasteiger partial charge on any atom is -0.491 e. The topological polar surface area (TPSA) is 199 Å². The lowest BCUT2D eigenvalue weighted by Gasteiger charge is -2.27. The summed E-state index contributed by atoms with van der Waals surface area (Å²) < 4.78 is 15.3. The number of nitrogens with zero attached hydrogens (tertiary/aromatic N) is 5. The molecular weight excluding hydrogens is 684 g/mol. The Bertz CT molecular complexity index is 2190. The van der Waals surface area contributed by atoms with Crippen molar-refractivity contribution in [1.29, 1.82) is 0 Å². The van der Waals surface area contributed by atoms with Gasteiger partial charge in [-0.05, 0) is 59.8 Å². The number of amides is 5. The molecule has 272 valence electrons. The molecule has 16 nitrogen and oxygen atoms in total. The van der Waals surface area contributed by atoms with Gasteiger partial charge in [0.1, 0.15) is 18.4 Å². The predicted octanol–water partition coefficient (Wildman–Crippen LogP) is 2.55. The van der Waals surface area contributed by atoms with Gasteiger partial charge >= 0.3 is 0 Å². The van der Waals surface area contributed by atoms with Crippen LogP contribution >= 0.6 is 0 Å². The Morgan fingerprint density at radius 1 is 0.981 bits per heavy atom. The molecule has 0 saturated carbocycles. The minimum absolute atomic E-state index is 0.0575.